The number of benzene rings is 3. The van der Waals surface area contributed by atoms with Gasteiger partial charge in [0.1, 0.15) is 17.3 Å². The third-order valence-corrected chi connectivity index (χ3v) is 6.48. The normalized spacial score (nSPS) is 11.2. The Morgan fingerprint density at radius 2 is 1.56 bits per heavy atom. The van der Waals surface area contributed by atoms with Crippen LogP contribution in [-0.2, 0) is 21.2 Å². The summed E-state index contributed by atoms with van der Waals surface area (Å²) in [6.07, 6.45) is 0.463. The topological polar surface area (TPSA) is 81.7 Å². The first-order valence-electron chi connectivity index (χ1n) is 9.91. The van der Waals surface area contributed by atoms with Crippen LogP contribution in [-0.4, -0.2) is 28.0 Å². The van der Waals surface area contributed by atoms with Gasteiger partial charge in [-0.05, 0) is 85.5 Å². The summed E-state index contributed by atoms with van der Waals surface area (Å²) < 4.78 is 51.4. The van der Waals surface area contributed by atoms with Crippen LogP contribution in [0.2, 0.25) is 0 Å². The number of esters is 1. The van der Waals surface area contributed by atoms with Gasteiger partial charge in [0.15, 0.2) is 0 Å². The summed E-state index contributed by atoms with van der Waals surface area (Å²) in [5.74, 6) is 0.195. The van der Waals surface area contributed by atoms with Crippen molar-refractivity contribution in [2.45, 2.75) is 25.2 Å². The van der Waals surface area contributed by atoms with Crippen LogP contribution in [0.4, 0.5) is 4.39 Å². The third-order valence-electron chi connectivity index (χ3n) is 5.03. The molecule has 0 aliphatic carbocycles. The van der Waals surface area contributed by atoms with Crippen LogP contribution in [0, 0.1) is 19.7 Å². The summed E-state index contributed by atoms with van der Waals surface area (Å²) >= 11 is 0. The van der Waals surface area contributed by atoms with E-state index in [0.717, 1.165) is 5.56 Å². The molecule has 0 aromatic heterocycles. The Balaban J connectivity index is 1.62. The zero-order valence-electron chi connectivity index (χ0n) is 18.0. The lowest BCUT2D eigenvalue weighted by molar-refractivity contribution is 0.0599. The summed E-state index contributed by atoms with van der Waals surface area (Å²) in [7, 11) is -2.54. The van der Waals surface area contributed by atoms with Crippen LogP contribution in [0.5, 0.6) is 11.5 Å². The molecule has 0 radical (unpaired) electrons. The fourth-order valence-corrected chi connectivity index (χ4v) is 4.22. The lowest BCUT2D eigenvalue weighted by Gasteiger charge is -2.12. The number of hydrogen-bond acceptors (Lipinski definition) is 5. The molecule has 6 nitrogen and oxygen atoms in total. The lowest BCUT2D eigenvalue weighted by Crippen LogP contribution is -2.26. The number of methoxy groups -OCH3 is 1. The smallest absolute Gasteiger partial charge is 0.338 e. The van der Waals surface area contributed by atoms with Gasteiger partial charge in [0.25, 0.3) is 0 Å². The maximum Gasteiger partial charge on any atom is 0.338 e. The molecule has 0 amide bonds. The monoisotopic (exact) mass is 457 g/mol. The number of carbonyl (C=O) groups excluding carboxylic acids is 1. The Bertz CT molecular complexity index is 1210. The van der Waals surface area contributed by atoms with E-state index in [9.17, 15) is 17.6 Å². The van der Waals surface area contributed by atoms with E-state index in [1.165, 1.54) is 43.5 Å². The minimum atomic E-state index is -3.80. The fourth-order valence-electron chi connectivity index (χ4n) is 3.08. The predicted octanol–water partition coefficient (Wildman–Crippen LogP) is 4.54. The molecule has 3 aromatic rings. The lowest BCUT2D eigenvalue weighted by atomic mass is 10.0. The van der Waals surface area contributed by atoms with E-state index in [1.54, 1.807) is 26.0 Å². The molecule has 0 aliphatic rings. The number of ether oxygens (including phenoxy) is 2. The number of aryl methyl sites for hydroxylation is 1. The summed E-state index contributed by atoms with van der Waals surface area (Å²) in [5.41, 5.74) is 2.50. The second-order valence-electron chi connectivity index (χ2n) is 7.25. The number of nitrogens with one attached hydrogen (secondary N) is 1. The molecule has 8 heteroatoms. The van der Waals surface area contributed by atoms with Crippen molar-refractivity contribution < 1.29 is 27.1 Å². The molecule has 0 fully saturated rings. The van der Waals surface area contributed by atoms with Crippen LogP contribution >= 0.6 is 0 Å². The summed E-state index contributed by atoms with van der Waals surface area (Å²) in [6, 6.07) is 15.8. The second-order valence-corrected chi connectivity index (χ2v) is 9.02. The van der Waals surface area contributed by atoms with Crippen molar-refractivity contribution in [1.82, 2.24) is 4.72 Å². The highest BCUT2D eigenvalue weighted by molar-refractivity contribution is 7.89. The molecule has 0 bridgehead atoms. The Hall–Kier alpha value is -3.23. The van der Waals surface area contributed by atoms with E-state index < -0.39 is 16.0 Å². The van der Waals surface area contributed by atoms with E-state index in [2.05, 4.69) is 4.72 Å². The molecule has 3 rings (SSSR count). The SMILES string of the molecule is COC(=O)c1cc(S(=O)(=O)NCCc2ccc(Oc3ccc(F)cc3)cc2)cc(C)c1C. The minimum absolute atomic E-state index is 0.0176. The summed E-state index contributed by atoms with van der Waals surface area (Å²) in [4.78, 5) is 12.0. The van der Waals surface area contributed by atoms with Crippen LogP contribution in [0.3, 0.4) is 0 Å². The molecule has 0 aliphatic heterocycles. The highest BCUT2D eigenvalue weighted by Crippen LogP contribution is 2.23. The van der Waals surface area contributed by atoms with Crippen molar-refractivity contribution in [2.75, 3.05) is 13.7 Å². The third kappa shape index (κ3) is 5.72. The predicted molar refractivity (Wildman–Crippen MR) is 119 cm³/mol. The molecule has 0 heterocycles. The second kappa shape index (κ2) is 9.93. The zero-order valence-corrected chi connectivity index (χ0v) is 18.8. The molecular formula is C24H24FNO5S. The van der Waals surface area contributed by atoms with Crippen molar-refractivity contribution >= 4 is 16.0 Å². The average molecular weight is 458 g/mol. The van der Waals surface area contributed by atoms with Crippen molar-refractivity contribution in [3.8, 4) is 11.5 Å². The Labute approximate surface area is 187 Å². The maximum absolute atomic E-state index is 13.0. The van der Waals surface area contributed by atoms with Crippen LogP contribution < -0.4 is 9.46 Å². The van der Waals surface area contributed by atoms with Crippen LogP contribution in [0.1, 0.15) is 27.0 Å². The van der Waals surface area contributed by atoms with Crippen LogP contribution in [0.15, 0.2) is 65.6 Å². The molecule has 32 heavy (non-hydrogen) atoms. The standard InChI is InChI=1S/C24H24FNO5S/c1-16-14-22(15-23(17(16)2)24(27)30-3)32(28,29)26-13-12-18-4-8-20(9-5-18)31-21-10-6-19(25)7-11-21/h4-11,14-15,26H,12-13H2,1-3H3. The van der Waals surface area contributed by atoms with E-state index in [4.69, 9.17) is 9.47 Å². The molecular weight excluding hydrogens is 433 g/mol. The molecule has 0 saturated heterocycles. The van der Waals surface area contributed by atoms with E-state index in [-0.39, 0.29) is 22.8 Å². The van der Waals surface area contributed by atoms with Gasteiger partial charge in [-0.2, -0.15) is 0 Å². The number of halogens is 1. The van der Waals surface area contributed by atoms with Gasteiger partial charge in [-0.3, -0.25) is 0 Å². The molecule has 0 saturated carbocycles. The Morgan fingerprint density at radius 1 is 0.969 bits per heavy atom. The van der Waals surface area contributed by atoms with Gasteiger partial charge in [-0.15, -0.1) is 0 Å². The summed E-state index contributed by atoms with van der Waals surface area (Å²) in [5, 5.41) is 0. The first-order chi connectivity index (χ1) is 15.2. The van der Waals surface area contributed by atoms with Crippen molar-refractivity contribution in [3.63, 3.8) is 0 Å². The zero-order chi connectivity index (χ0) is 23.3. The quantitative estimate of drug-likeness (QED) is 0.502. The van der Waals surface area contributed by atoms with Gasteiger partial charge in [-0.1, -0.05) is 12.1 Å². The number of sulfonamides is 1. The minimum Gasteiger partial charge on any atom is -0.465 e. The highest BCUT2D eigenvalue weighted by Gasteiger charge is 2.20. The molecule has 0 spiro atoms. The molecule has 1 N–H and O–H groups in total. The van der Waals surface area contributed by atoms with Gasteiger partial charge < -0.3 is 9.47 Å². The highest BCUT2D eigenvalue weighted by atomic mass is 32.2. The molecule has 0 unspecified atom stereocenters. The van der Waals surface area contributed by atoms with Crippen molar-refractivity contribution in [2.24, 2.45) is 0 Å². The number of rotatable bonds is 8. The molecule has 3 aromatic carbocycles. The number of hydrogen-bond donors (Lipinski definition) is 1. The number of carbonyl (C=O) groups is 1. The van der Waals surface area contributed by atoms with Crippen molar-refractivity contribution in [1.29, 1.82) is 0 Å². The Kier molecular flexibility index (Phi) is 7.27. The first-order valence-corrected chi connectivity index (χ1v) is 11.4. The van der Waals surface area contributed by atoms with E-state index in [1.807, 2.05) is 12.1 Å². The largest absolute Gasteiger partial charge is 0.465 e. The van der Waals surface area contributed by atoms with Crippen molar-refractivity contribution in [3.05, 3.63) is 88.7 Å². The van der Waals surface area contributed by atoms with E-state index >= 15 is 0 Å². The molecule has 0 atom stereocenters. The Morgan fingerprint density at radius 3 is 2.16 bits per heavy atom. The van der Waals surface area contributed by atoms with Gasteiger partial charge in [0.2, 0.25) is 10.0 Å². The van der Waals surface area contributed by atoms with Gasteiger partial charge in [0, 0.05) is 6.54 Å². The maximum atomic E-state index is 13.0. The van der Waals surface area contributed by atoms with Gasteiger partial charge in [0.05, 0.1) is 17.6 Å². The van der Waals surface area contributed by atoms with Gasteiger partial charge >= 0.3 is 5.97 Å². The van der Waals surface area contributed by atoms with Crippen LogP contribution in [0.25, 0.3) is 0 Å². The fraction of sp³-hybridized carbons (Fsp3) is 0.208. The van der Waals surface area contributed by atoms with Gasteiger partial charge in [-0.25, -0.2) is 22.3 Å². The van der Waals surface area contributed by atoms with E-state index in [0.29, 0.717) is 29.0 Å². The first kappa shape index (κ1) is 23.4. The summed E-state index contributed by atoms with van der Waals surface area (Å²) in [6.45, 7) is 3.67. The molecule has 168 valence electrons. The average Bonchev–Trinajstić information content (AvgIpc) is 2.77.